The van der Waals surface area contributed by atoms with Gasteiger partial charge in [0.05, 0.1) is 6.61 Å². The van der Waals surface area contributed by atoms with E-state index in [0.29, 0.717) is 6.42 Å². The molecule has 0 spiro atoms. The van der Waals surface area contributed by atoms with Crippen molar-refractivity contribution in [1.82, 2.24) is 0 Å². The van der Waals surface area contributed by atoms with E-state index in [1.54, 1.807) is 0 Å². The summed E-state index contributed by atoms with van der Waals surface area (Å²) < 4.78 is 4.86. The van der Waals surface area contributed by atoms with Crippen LogP contribution < -0.4 is 0 Å². The zero-order valence-corrected chi connectivity index (χ0v) is 17.2. The van der Waals surface area contributed by atoms with Gasteiger partial charge < -0.3 is 14.9 Å². The van der Waals surface area contributed by atoms with Crippen molar-refractivity contribution in [1.29, 1.82) is 0 Å². The Balaban J connectivity index is 3.30. The molecule has 2 N–H and O–H groups in total. The van der Waals surface area contributed by atoms with E-state index >= 15 is 0 Å². The van der Waals surface area contributed by atoms with Crippen molar-refractivity contribution in [2.45, 2.75) is 90.1 Å². The summed E-state index contributed by atoms with van der Waals surface area (Å²) in [5, 5.41) is 17.7. The number of ether oxygens (including phenoxy) is 1. The fourth-order valence-electron chi connectivity index (χ4n) is 2.56. The van der Waals surface area contributed by atoms with Crippen LogP contribution in [0.5, 0.6) is 0 Å². The largest absolute Gasteiger partial charge is 0.463 e. The predicted octanol–water partition coefficient (Wildman–Crippen LogP) is 5.25. The first kappa shape index (κ1) is 25.6. The van der Waals surface area contributed by atoms with Gasteiger partial charge in [-0.3, -0.25) is 4.79 Å². The van der Waals surface area contributed by atoms with Crippen LogP contribution in [0.25, 0.3) is 0 Å². The number of carbonyl (C=O) groups excluding carboxylic acids is 1. The smallest absolute Gasteiger partial charge is 0.305 e. The molecule has 0 saturated carbocycles. The van der Waals surface area contributed by atoms with E-state index in [1.165, 1.54) is 25.7 Å². The van der Waals surface area contributed by atoms with E-state index in [2.05, 4.69) is 43.4 Å². The van der Waals surface area contributed by atoms with Gasteiger partial charge in [-0.25, -0.2) is 0 Å². The van der Waals surface area contributed by atoms with Crippen LogP contribution in [-0.4, -0.2) is 35.5 Å². The Hall–Kier alpha value is -1.39. The lowest BCUT2D eigenvalue weighted by Gasteiger charge is -2.08. The molecule has 0 amide bonds. The second kappa shape index (κ2) is 20.9. The maximum absolute atomic E-state index is 11.4. The summed E-state index contributed by atoms with van der Waals surface area (Å²) in [6.07, 6.45) is 25.2. The van der Waals surface area contributed by atoms with Crippen LogP contribution >= 0.6 is 0 Å². The van der Waals surface area contributed by atoms with Gasteiger partial charge in [-0.1, -0.05) is 75.5 Å². The standard InChI is InChI=1S/C23H40O4/c1-2-3-4-5-6-7-8-9-10-11-12-13-14-15-16-17-18-19-23(26)27-21-22(25)20-24/h3-4,6-7,9-10,22,24-25H,2,5,8,11-21H2,1H3. The Morgan fingerprint density at radius 1 is 0.852 bits per heavy atom. The van der Waals surface area contributed by atoms with Crippen LogP contribution in [0.3, 0.4) is 0 Å². The molecule has 0 aliphatic carbocycles. The number of allylic oxidation sites excluding steroid dienone is 6. The molecule has 0 aliphatic rings. The number of esters is 1. The molecule has 1 unspecified atom stereocenters. The topological polar surface area (TPSA) is 66.8 Å². The van der Waals surface area contributed by atoms with Gasteiger partial charge >= 0.3 is 5.97 Å². The lowest BCUT2D eigenvalue weighted by molar-refractivity contribution is -0.147. The fraction of sp³-hybridized carbons (Fsp3) is 0.696. The number of hydrogen-bond acceptors (Lipinski definition) is 4. The summed E-state index contributed by atoms with van der Waals surface area (Å²) in [6, 6.07) is 0. The van der Waals surface area contributed by atoms with Crippen molar-refractivity contribution < 1.29 is 19.7 Å². The molecule has 0 aliphatic heterocycles. The first-order valence-electron chi connectivity index (χ1n) is 10.6. The van der Waals surface area contributed by atoms with Gasteiger partial charge in [0.2, 0.25) is 0 Å². The summed E-state index contributed by atoms with van der Waals surface area (Å²) in [5.41, 5.74) is 0. The van der Waals surface area contributed by atoms with Crippen molar-refractivity contribution in [3.63, 3.8) is 0 Å². The van der Waals surface area contributed by atoms with Gasteiger partial charge in [0.1, 0.15) is 12.7 Å². The number of aliphatic hydroxyl groups excluding tert-OH is 2. The molecule has 0 saturated heterocycles. The zero-order chi connectivity index (χ0) is 20.0. The highest BCUT2D eigenvalue weighted by Gasteiger charge is 2.07. The molecule has 0 aromatic rings. The molecule has 4 nitrogen and oxygen atoms in total. The second-order valence-electron chi connectivity index (χ2n) is 6.83. The highest BCUT2D eigenvalue weighted by atomic mass is 16.5. The minimum Gasteiger partial charge on any atom is -0.463 e. The van der Waals surface area contributed by atoms with E-state index in [0.717, 1.165) is 44.9 Å². The number of hydrogen-bond donors (Lipinski definition) is 2. The fourth-order valence-corrected chi connectivity index (χ4v) is 2.56. The van der Waals surface area contributed by atoms with E-state index in [-0.39, 0.29) is 19.2 Å². The van der Waals surface area contributed by atoms with E-state index in [4.69, 9.17) is 14.9 Å². The van der Waals surface area contributed by atoms with Crippen molar-refractivity contribution in [3.05, 3.63) is 36.5 Å². The summed E-state index contributed by atoms with van der Waals surface area (Å²) >= 11 is 0. The summed E-state index contributed by atoms with van der Waals surface area (Å²) in [5.74, 6) is -0.290. The second-order valence-corrected chi connectivity index (χ2v) is 6.83. The van der Waals surface area contributed by atoms with Crippen molar-refractivity contribution in [2.24, 2.45) is 0 Å². The van der Waals surface area contributed by atoms with Gasteiger partial charge in [0.15, 0.2) is 0 Å². The SMILES string of the molecule is CCC=CCC=CCC=CCCCCCCCCCC(=O)OCC(O)CO. The third-order valence-electron chi connectivity index (χ3n) is 4.18. The molecule has 0 bridgehead atoms. The number of aliphatic hydroxyl groups is 2. The van der Waals surface area contributed by atoms with Gasteiger partial charge in [0, 0.05) is 6.42 Å². The average molecular weight is 381 g/mol. The Morgan fingerprint density at radius 3 is 2.04 bits per heavy atom. The van der Waals surface area contributed by atoms with Crippen LogP contribution in [0, 0.1) is 0 Å². The predicted molar refractivity (Wildman–Crippen MR) is 113 cm³/mol. The molecule has 156 valence electrons. The van der Waals surface area contributed by atoms with Gasteiger partial charge in [-0.15, -0.1) is 0 Å². The van der Waals surface area contributed by atoms with Gasteiger partial charge in [-0.05, 0) is 38.5 Å². The quantitative estimate of drug-likeness (QED) is 0.193. The summed E-state index contributed by atoms with van der Waals surface area (Å²) in [6.45, 7) is 1.66. The van der Waals surface area contributed by atoms with Crippen LogP contribution in [0.15, 0.2) is 36.5 Å². The molecule has 0 aromatic carbocycles. The third-order valence-corrected chi connectivity index (χ3v) is 4.18. The third kappa shape index (κ3) is 20.8. The number of unbranched alkanes of at least 4 members (excludes halogenated alkanes) is 7. The molecule has 0 rings (SSSR count). The molecular formula is C23H40O4. The van der Waals surface area contributed by atoms with Crippen molar-refractivity contribution >= 4 is 5.97 Å². The van der Waals surface area contributed by atoms with Crippen molar-refractivity contribution in [3.8, 4) is 0 Å². The van der Waals surface area contributed by atoms with E-state index < -0.39 is 6.10 Å². The normalized spacial score (nSPS) is 13.1. The molecule has 0 heterocycles. The molecule has 4 heteroatoms. The van der Waals surface area contributed by atoms with E-state index in [9.17, 15) is 4.79 Å². The first-order chi connectivity index (χ1) is 13.2. The monoisotopic (exact) mass is 380 g/mol. The van der Waals surface area contributed by atoms with Crippen LogP contribution in [0.2, 0.25) is 0 Å². The van der Waals surface area contributed by atoms with Gasteiger partial charge in [-0.2, -0.15) is 0 Å². The number of rotatable bonds is 18. The van der Waals surface area contributed by atoms with Gasteiger partial charge in [0.25, 0.3) is 0 Å². The summed E-state index contributed by atoms with van der Waals surface area (Å²) in [4.78, 5) is 11.4. The lowest BCUT2D eigenvalue weighted by Crippen LogP contribution is -2.21. The highest BCUT2D eigenvalue weighted by molar-refractivity contribution is 5.69. The first-order valence-corrected chi connectivity index (χ1v) is 10.6. The molecule has 1 atom stereocenters. The minimum atomic E-state index is -0.965. The Labute approximate surface area is 166 Å². The van der Waals surface area contributed by atoms with E-state index in [1.807, 2.05) is 0 Å². The lowest BCUT2D eigenvalue weighted by atomic mass is 10.1. The Kier molecular flexibility index (Phi) is 19.8. The van der Waals surface area contributed by atoms with Crippen LogP contribution in [0.4, 0.5) is 0 Å². The highest BCUT2D eigenvalue weighted by Crippen LogP contribution is 2.10. The van der Waals surface area contributed by atoms with Crippen molar-refractivity contribution in [2.75, 3.05) is 13.2 Å². The van der Waals surface area contributed by atoms with Crippen LogP contribution in [0.1, 0.15) is 84.0 Å². The maximum Gasteiger partial charge on any atom is 0.305 e. The summed E-state index contributed by atoms with van der Waals surface area (Å²) in [7, 11) is 0. The van der Waals surface area contributed by atoms with Crippen LogP contribution in [-0.2, 0) is 9.53 Å². The minimum absolute atomic E-state index is 0.115. The molecule has 27 heavy (non-hydrogen) atoms. The molecule has 0 aromatic heterocycles. The molecular weight excluding hydrogens is 340 g/mol. The zero-order valence-electron chi connectivity index (χ0n) is 17.2. The Morgan fingerprint density at radius 2 is 1.41 bits per heavy atom. The Bertz CT molecular complexity index is 413. The average Bonchev–Trinajstić information content (AvgIpc) is 2.68. The molecule has 0 radical (unpaired) electrons. The maximum atomic E-state index is 11.4. The number of carbonyl (C=O) groups is 1. The molecule has 0 fully saturated rings.